The predicted molar refractivity (Wildman–Crippen MR) is 203 cm³/mol. The van der Waals surface area contributed by atoms with Crippen molar-refractivity contribution in [2.24, 2.45) is 5.92 Å². The lowest BCUT2D eigenvalue weighted by Crippen LogP contribution is -2.45. The lowest BCUT2D eigenvalue weighted by Gasteiger charge is -2.41. The molecule has 10 nitrogen and oxygen atoms in total. The number of benzene rings is 5. The molecule has 1 fully saturated rings. The van der Waals surface area contributed by atoms with Gasteiger partial charge < -0.3 is 24.5 Å². The Kier molecular flexibility index (Phi) is 10.8. The topological polar surface area (TPSA) is 132 Å². The number of sulfonamides is 1. The van der Waals surface area contributed by atoms with Crippen molar-refractivity contribution in [1.29, 1.82) is 0 Å². The molecule has 6 aromatic rings. The van der Waals surface area contributed by atoms with Gasteiger partial charge in [0.05, 0.1) is 47.6 Å². The van der Waals surface area contributed by atoms with E-state index in [9.17, 15) is 18.3 Å². The van der Waals surface area contributed by atoms with Gasteiger partial charge in [-0.05, 0) is 66.4 Å². The van der Waals surface area contributed by atoms with Crippen LogP contribution in [-0.4, -0.2) is 41.1 Å². The number of para-hydroxylation sites is 2. The van der Waals surface area contributed by atoms with Crippen molar-refractivity contribution >= 4 is 32.7 Å². The van der Waals surface area contributed by atoms with Crippen molar-refractivity contribution in [1.82, 2.24) is 14.3 Å². The number of carbonyl (C=O) groups excluding carboxylic acids is 1. The number of carbonyl (C=O) groups is 1. The molecular formula is C42H42N4O6S. The molecule has 7 rings (SSSR count). The molecule has 2 heterocycles. The number of imidazole rings is 1. The van der Waals surface area contributed by atoms with E-state index in [1.807, 2.05) is 104 Å². The van der Waals surface area contributed by atoms with Crippen molar-refractivity contribution in [2.75, 3.05) is 5.32 Å². The Morgan fingerprint density at radius 2 is 1.58 bits per heavy atom. The van der Waals surface area contributed by atoms with Crippen molar-refractivity contribution in [3.8, 4) is 0 Å². The maximum absolute atomic E-state index is 13.9. The number of rotatable bonds is 12. The smallest absolute Gasteiger partial charge is 0.242 e. The van der Waals surface area contributed by atoms with Gasteiger partial charge in [-0.15, -0.1) is 0 Å². The number of hydrogen-bond acceptors (Lipinski definition) is 7. The van der Waals surface area contributed by atoms with Gasteiger partial charge in [-0.25, -0.2) is 13.4 Å². The standard InChI is InChI=1S/C42H42N4O6S/c1-28-15-21-35(22-16-28)53(49,50)45-37(23-30-9-4-3-5-10-30)41(48)44-34-12-8-11-33(24-34)42-51-39(25-46-27-43-36-13-6-7-14-38(36)46)29(2)40(52-42)32-19-17-31(26-47)18-20-32/h3-22,24,27,29,37,39-40,42,45,47H,23,25-26H2,1-2H3,(H,44,48)/t29-,37+,39+,40+,42+/m0/s1. The van der Waals surface area contributed by atoms with Gasteiger partial charge in [-0.3, -0.25) is 4.79 Å². The lowest BCUT2D eigenvalue weighted by atomic mass is 9.90. The van der Waals surface area contributed by atoms with E-state index in [4.69, 9.17) is 9.47 Å². The van der Waals surface area contributed by atoms with Gasteiger partial charge in [-0.1, -0.05) is 103 Å². The molecule has 11 heteroatoms. The Morgan fingerprint density at radius 1 is 0.849 bits per heavy atom. The molecule has 5 aromatic carbocycles. The lowest BCUT2D eigenvalue weighted by molar-refractivity contribution is -0.276. The number of aliphatic hydroxyl groups excluding tert-OH is 1. The molecule has 272 valence electrons. The molecule has 1 aliphatic rings. The van der Waals surface area contributed by atoms with Crippen molar-refractivity contribution in [2.45, 2.75) is 62.9 Å². The van der Waals surface area contributed by atoms with E-state index < -0.39 is 28.3 Å². The highest BCUT2D eigenvalue weighted by Crippen LogP contribution is 2.42. The van der Waals surface area contributed by atoms with Crippen LogP contribution in [0.15, 0.2) is 139 Å². The van der Waals surface area contributed by atoms with Crippen LogP contribution in [0.3, 0.4) is 0 Å². The minimum Gasteiger partial charge on any atom is -0.392 e. The summed E-state index contributed by atoms with van der Waals surface area (Å²) in [4.78, 5) is 18.6. The maximum Gasteiger partial charge on any atom is 0.242 e. The minimum atomic E-state index is -4.01. The molecule has 53 heavy (non-hydrogen) atoms. The average Bonchev–Trinajstić information content (AvgIpc) is 3.58. The molecule has 1 saturated heterocycles. The van der Waals surface area contributed by atoms with E-state index >= 15 is 0 Å². The van der Waals surface area contributed by atoms with E-state index in [2.05, 4.69) is 26.5 Å². The number of aromatic nitrogens is 2. The first-order valence-corrected chi connectivity index (χ1v) is 19.1. The number of hydrogen-bond donors (Lipinski definition) is 3. The Hall–Kier alpha value is -5.17. The zero-order valence-corrected chi connectivity index (χ0v) is 30.3. The van der Waals surface area contributed by atoms with Crippen molar-refractivity contribution in [3.05, 3.63) is 162 Å². The van der Waals surface area contributed by atoms with Crippen LogP contribution in [0.1, 0.15) is 47.1 Å². The predicted octanol–water partition coefficient (Wildman–Crippen LogP) is 6.86. The number of fused-ring (bicyclic) bond motifs is 1. The van der Waals surface area contributed by atoms with Gasteiger partial charge in [-0.2, -0.15) is 4.72 Å². The summed E-state index contributed by atoms with van der Waals surface area (Å²) in [6, 6.07) is 37.6. The molecule has 3 N–H and O–H groups in total. The monoisotopic (exact) mass is 730 g/mol. The molecule has 0 radical (unpaired) electrons. The Morgan fingerprint density at radius 3 is 2.34 bits per heavy atom. The molecule has 0 unspecified atom stereocenters. The van der Waals surface area contributed by atoms with Crippen LogP contribution in [0.25, 0.3) is 11.0 Å². The third-order valence-corrected chi connectivity index (χ3v) is 11.2. The Bertz CT molecular complexity index is 2280. The fourth-order valence-electron chi connectivity index (χ4n) is 6.68. The summed E-state index contributed by atoms with van der Waals surface area (Å²) in [5, 5.41) is 12.6. The molecule has 0 aliphatic carbocycles. The highest BCUT2D eigenvalue weighted by molar-refractivity contribution is 7.89. The number of anilines is 1. The molecule has 0 saturated carbocycles. The number of ether oxygens (including phenoxy) is 2. The zero-order chi connectivity index (χ0) is 37.0. The third kappa shape index (κ3) is 8.40. The average molecular weight is 731 g/mol. The second-order valence-corrected chi connectivity index (χ2v) is 15.2. The number of amides is 1. The van der Waals surface area contributed by atoms with E-state index in [1.165, 1.54) is 12.1 Å². The van der Waals surface area contributed by atoms with Gasteiger partial charge in [0.2, 0.25) is 15.9 Å². The Balaban J connectivity index is 1.15. The van der Waals surface area contributed by atoms with E-state index in [0.29, 0.717) is 17.8 Å². The second-order valence-electron chi connectivity index (χ2n) is 13.5. The number of aryl methyl sites for hydroxylation is 1. The second kappa shape index (κ2) is 15.8. The molecule has 0 spiro atoms. The van der Waals surface area contributed by atoms with E-state index in [1.54, 1.807) is 24.3 Å². The fraction of sp³-hybridized carbons (Fsp3) is 0.238. The van der Waals surface area contributed by atoms with E-state index in [0.717, 1.165) is 33.3 Å². The molecule has 1 aromatic heterocycles. The first-order chi connectivity index (χ1) is 25.7. The molecular weight excluding hydrogens is 689 g/mol. The third-order valence-electron chi connectivity index (χ3n) is 9.68. The summed E-state index contributed by atoms with van der Waals surface area (Å²) >= 11 is 0. The summed E-state index contributed by atoms with van der Waals surface area (Å²) in [6.07, 6.45) is 0.562. The Labute approximate surface area is 309 Å². The van der Waals surface area contributed by atoms with Crippen LogP contribution in [0, 0.1) is 12.8 Å². The summed E-state index contributed by atoms with van der Waals surface area (Å²) in [7, 11) is -4.01. The van der Waals surface area contributed by atoms with Crippen LogP contribution >= 0.6 is 0 Å². The quantitative estimate of drug-likeness (QED) is 0.125. The van der Waals surface area contributed by atoms with Gasteiger partial charge in [0.1, 0.15) is 6.04 Å². The number of nitrogens with one attached hydrogen (secondary N) is 2. The summed E-state index contributed by atoms with van der Waals surface area (Å²) in [5.74, 6) is -0.567. The summed E-state index contributed by atoms with van der Waals surface area (Å²) < 4.78 is 45.0. The highest BCUT2D eigenvalue weighted by Gasteiger charge is 2.39. The zero-order valence-electron chi connectivity index (χ0n) is 29.5. The highest BCUT2D eigenvalue weighted by atomic mass is 32.2. The molecule has 0 bridgehead atoms. The molecule has 5 atom stereocenters. The van der Waals surface area contributed by atoms with Gasteiger partial charge in [0, 0.05) is 17.2 Å². The van der Waals surface area contributed by atoms with Crippen LogP contribution in [0.2, 0.25) is 0 Å². The van der Waals surface area contributed by atoms with Crippen molar-refractivity contribution < 1.29 is 27.8 Å². The minimum absolute atomic E-state index is 0.0540. The maximum atomic E-state index is 13.9. The molecule has 1 aliphatic heterocycles. The van der Waals surface area contributed by atoms with Crippen LogP contribution in [0.5, 0.6) is 0 Å². The summed E-state index contributed by atoms with van der Waals surface area (Å²) in [5.41, 5.74) is 6.55. The van der Waals surface area contributed by atoms with Gasteiger partial charge in [0.15, 0.2) is 6.29 Å². The largest absolute Gasteiger partial charge is 0.392 e. The first kappa shape index (κ1) is 36.2. The fourth-order valence-corrected chi connectivity index (χ4v) is 7.88. The van der Waals surface area contributed by atoms with Gasteiger partial charge in [0.25, 0.3) is 0 Å². The van der Waals surface area contributed by atoms with Crippen molar-refractivity contribution in [3.63, 3.8) is 0 Å². The summed E-state index contributed by atoms with van der Waals surface area (Å²) in [6.45, 7) is 4.46. The van der Waals surface area contributed by atoms with Crippen LogP contribution in [0.4, 0.5) is 5.69 Å². The van der Waals surface area contributed by atoms with E-state index in [-0.39, 0.29) is 36.0 Å². The SMILES string of the molecule is Cc1ccc(S(=O)(=O)N[C@H](Cc2ccccc2)C(=O)Nc2cccc([C@@H]3O[C@H](Cn4cnc5ccccc54)[C@H](C)[C@H](c4ccc(CO)cc4)O3)c2)cc1. The van der Waals surface area contributed by atoms with Crippen LogP contribution < -0.4 is 10.0 Å². The number of aliphatic hydroxyl groups is 1. The normalized spacial score (nSPS) is 19.5. The van der Waals surface area contributed by atoms with Gasteiger partial charge >= 0.3 is 0 Å². The molecule has 1 amide bonds. The number of nitrogens with zero attached hydrogens (tertiary/aromatic N) is 2. The van der Waals surface area contributed by atoms with Crippen LogP contribution in [-0.2, 0) is 43.9 Å². The first-order valence-electron chi connectivity index (χ1n) is 17.6.